The van der Waals surface area contributed by atoms with Crippen LogP contribution in [-0.2, 0) is 0 Å². The molecule has 0 saturated heterocycles. The monoisotopic (exact) mass is 415 g/mol. The molecule has 0 unspecified atom stereocenters. The van der Waals surface area contributed by atoms with Crippen molar-refractivity contribution in [3.05, 3.63) is 72.4 Å². The molecule has 1 N–H and O–H groups in total. The maximum absolute atomic E-state index is 6.19. The van der Waals surface area contributed by atoms with E-state index in [1.165, 1.54) is 29.5 Å². The molecular weight excluding hydrogens is 390 g/mol. The molecular formula is C25H25N3OS. The molecule has 0 amide bonds. The number of pyridine rings is 1. The third-order valence-electron chi connectivity index (χ3n) is 5.82. The van der Waals surface area contributed by atoms with Gasteiger partial charge in [0.15, 0.2) is 5.13 Å². The van der Waals surface area contributed by atoms with Gasteiger partial charge in [-0.05, 0) is 73.1 Å². The van der Waals surface area contributed by atoms with E-state index in [9.17, 15) is 0 Å². The molecule has 4 nitrogen and oxygen atoms in total. The van der Waals surface area contributed by atoms with Gasteiger partial charge in [0.1, 0.15) is 5.75 Å². The Hall–Kier alpha value is -2.92. The average Bonchev–Trinajstić information content (AvgIpc) is 3.32. The number of hydrogen-bond donors (Lipinski definition) is 1. The lowest BCUT2D eigenvalue weighted by molar-refractivity contribution is 0.373. The van der Waals surface area contributed by atoms with Crippen LogP contribution in [0.2, 0.25) is 0 Å². The highest BCUT2D eigenvalue weighted by molar-refractivity contribution is 7.22. The van der Waals surface area contributed by atoms with Crippen molar-refractivity contribution in [3.63, 3.8) is 0 Å². The van der Waals surface area contributed by atoms with Gasteiger partial charge in [0.25, 0.3) is 0 Å². The van der Waals surface area contributed by atoms with E-state index in [-0.39, 0.29) is 0 Å². The van der Waals surface area contributed by atoms with Crippen LogP contribution in [0.4, 0.5) is 10.8 Å². The number of hydrogen-bond acceptors (Lipinski definition) is 5. The largest absolute Gasteiger partial charge is 0.439 e. The molecule has 0 radical (unpaired) electrons. The van der Waals surface area contributed by atoms with Gasteiger partial charge in [-0.3, -0.25) is 0 Å². The van der Waals surface area contributed by atoms with Gasteiger partial charge in [-0.1, -0.05) is 43.4 Å². The Balaban J connectivity index is 1.31. The van der Waals surface area contributed by atoms with Crippen LogP contribution in [0.15, 0.2) is 66.9 Å². The molecule has 0 aliphatic heterocycles. The fraction of sp³-hybridized carbons (Fsp3) is 0.280. The number of thiazole rings is 1. The van der Waals surface area contributed by atoms with Crippen molar-refractivity contribution in [1.82, 2.24) is 9.97 Å². The number of benzene rings is 2. The van der Waals surface area contributed by atoms with Gasteiger partial charge in [-0.15, -0.1) is 0 Å². The highest BCUT2D eigenvalue weighted by atomic mass is 32.1. The number of aromatic nitrogens is 2. The molecule has 1 fully saturated rings. The predicted molar refractivity (Wildman–Crippen MR) is 124 cm³/mol. The van der Waals surface area contributed by atoms with E-state index in [1.54, 1.807) is 11.3 Å². The summed E-state index contributed by atoms with van der Waals surface area (Å²) < 4.78 is 7.37. The summed E-state index contributed by atoms with van der Waals surface area (Å²) in [5, 5.41) is 4.28. The van der Waals surface area contributed by atoms with Gasteiger partial charge in [0.05, 0.1) is 10.2 Å². The van der Waals surface area contributed by atoms with Gasteiger partial charge in [-0.25, -0.2) is 9.97 Å². The number of anilines is 2. The summed E-state index contributed by atoms with van der Waals surface area (Å²) in [4.78, 5) is 9.17. The van der Waals surface area contributed by atoms with E-state index in [1.807, 2.05) is 54.7 Å². The standard InChI is InChI=1S/C25H25N3OS/c1-25(2)14-13-17(16-25)20-6-5-15-26-23(20)29-19-11-9-18(10-12-19)27-24-28-21-7-3-4-8-22(21)30-24/h3-12,15,17H,13-14,16H2,1-2H3,(H,27,28)/t17-/m1/s1. The third-order valence-corrected chi connectivity index (χ3v) is 6.77. The minimum atomic E-state index is 0.395. The Labute approximate surface area is 181 Å². The molecule has 1 saturated carbocycles. The lowest BCUT2D eigenvalue weighted by Crippen LogP contribution is -2.05. The number of nitrogens with zero attached hydrogens (tertiary/aromatic N) is 2. The first-order chi connectivity index (χ1) is 14.6. The normalized spacial score (nSPS) is 17.9. The summed E-state index contributed by atoms with van der Waals surface area (Å²) in [5.74, 6) is 2.04. The quantitative estimate of drug-likeness (QED) is 0.366. The van der Waals surface area contributed by atoms with Crippen LogP contribution in [0.1, 0.15) is 44.6 Å². The van der Waals surface area contributed by atoms with Crippen molar-refractivity contribution >= 4 is 32.4 Å². The molecule has 0 bridgehead atoms. The first-order valence-electron chi connectivity index (χ1n) is 10.4. The van der Waals surface area contributed by atoms with Gasteiger partial charge in [0, 0.05) is 17.4 Å². The summed E-state index contributed by atoms with van der Waals surface area (Å²) in [6.07, 6.45) is 5.43. The van der Waals surface area contributed by atoms with Crippen LogP contribution in [0, 0.1) is 5.41 Å². The second-order valence-corrected chi connectivity index (χ2v) is 9.77. The maximum atomic E-state index is 6.19. The smallest absolute Gasteiger partial charge is 0.222 e. The van der Waals surface area contributed by atoms with Crippen molar-refractivity contribution in [2.75, 3.05) is 5.32 Å². The Morgan fingerprint density at radius 3 is 2.63 bits per heavy atom. The van der Waals surface area contributed by atoms with Gasteiger partial charge in [0.2, 0.25) is 5.88 Å². The van der Waals surface area contributed by atoms with E-state index in [0.29, 0.717) is 11.3 Å². The zero-order valence-electron chi connectivity index (χ0n) is 17.3. The summed E-state index contributed by atoms with van der Waals surface area (Å²) in [7, 11) is 0. The van der Waals surface area contributed by atoms with Crippen LogP contribution in [0.3, 0.4) is 0 Å². The Morgan fingerprint density at radius 2 is 1.87 bits per heavy atom. The minimum absolute atomic E-state index is 0.395. The zero-order chi connectivity index (χ0) is 20.6. The van der Waals surface area contributed by atoms with E-state index < -0.39 is 0 Å². The highest BCUT2D eigenvalue weighted by Crippen LogP contribution is 2.48. The Bertz CT molecular complexity index is 1130. The van der Waals surface area contributed by atoms with E-state index in [4.69, 9.17) is 4.74 Å². The first kappa shape index (κ1) is 19.1. The molecule has 1 aliphatic rings. The Kier molecular flexibility index (Phi) is 4.91. The number of para-hydroxylation sites is 1. The maximum Gasteiger partial charge on any atom is 0.222 e. The lowest BCUT2D eigenvalue weighted by Gasteiger charge is -2.18. The molecule has 2 aromatic carbocycles. The van der Waals surface area contributed by atoms with Crippen LogP contribution in [0.25, 0.3) is 10.2 Å². The fourth-order valence-electron chi connectivity index (χ4n) is 4.27. The minimum Gasteiger partial charge on any atom is -0.439 e. The Morgan fingerprint density at radius 1 is 1.03 bits per heavy atom. The number of nitrogens with one attached hydrogen (secondary N) is 1. The number of rotatable bonds is 5. The second-order valence-electron chi connectivity index (χ2n) is 8.74. The fourth-order valence-corrected chi connectivity index (χ4v) is 5.15. The highest BCUT2D eigenvalue weighted by Gasteiger charge is 2.33. The molecule has 30 heavy (non-hydrogen) atoms. The molecule has 0 spiro atoms. The van der Waals surface area contributed by atoms with Crippen LogP contribution >= 0.6 is 11.3 Å². The van der Waals surface area contributed by atoms with Gasteiger partial charge < -0.3 is 10.1 Å². The van der Waals surface area contributed by atoms with Crippen LogP contribution in [-0.4, -0.2) is 9.97 Å². The topological polar surface area (TPSA) is 47.0 Å². The molecule has 5 rings (SSSR count). The number of fused-ring (bicyclic) bond motifs is 1. The molecule has 2 heterocycles. The van der Waals surface area contributed by atoms with Crippen molar-refractivity contribution in [2.45, 2.75) is 39.0 Å². The molecule has 4 aromatic rings. The van der Waals surface area contributed by atoms with Crippen LogP contribution in [0.5, 0.6) is 11.6 Å². The summed E-state index contributed by atoms with van der Waals surface area (Å²) in [6, 6.07) is 20.3. The summed E-state index contributed by atoms with van der Waals surface area (Å²) in [6.45, 7) is 4.70. The van der Waals surface area contributed by atoms with Gasteiger partial charge >= 0.3 is 0 Å². The van der Waals surface area contributed by atoms with Crippen LogP contribution < -0.4 is 10.1 Å². The van der Waals surface area contributed by atoms with E-state index >= 15 is 0 Å². The molecule has 1 atom stereocenters. The van der Waals surface area contributed by atoms with Crippen molar-refractivity contribution < 1.29 is 4.74 Å². The molecule has 5 heteroatoms. The van der Waals surface area contributed by atoms with Crippen molar-refractivity contribution in [1.29, 1.82) is 0 Å². The van der Waals surface area contributed by atoms with Crippen molar-refractivity contribution in [3.8, 4) is 11.6 Å². The molecule has 1 aliphatic carbocycles. The van der Waals surface area contributed by atoms with E-state index in [0.717, 1.165) is 28.0 Å². The molecule has 2 aromatic heterocycles. The zero-order valence-corrected chi connectivity index (χ0v) is 18.1. The first-order valence-corrected chi connectivity index (χ1v) is 11.2. The van der Waals surface area contributed by atoms with Gasteiger partial charge in [-0.2, -0.15) is 0 Å². The van der Waals surface area contributed by atoms with E-state index in [2.05, 4.69) is 41.3 Å². The third kappa shape index (κ3) is 4.03. The number of ether oxygens (including phenoxy) is 1. The van der Waals surface area contributed by atoms with Crippen molar-refractivity contribution in [2.24, 2.45) is 5.41 Å². The predicted octanol–water partition coefficient (Wildman–Crippen LogP) is 7.52. The second kappa shape index (κ2) is 7.73. The SMILES string of the molecule is CC1(C)CC[C@@H](c2cccnc2Oc2ccc(Nc3nc4ccccc4s3)cc2)C1. The molecule has 152 valence electrons. The lowest BCUT2D eigenvalue weighted by atomic mass is 9.89. The summed E-state index contributed by atoms with van der Waals surface area (Å²) >= 11 is 1.65. The summed E-state index contributed by atoms with van der Waals surface area (Å²) in [5.41, 5.74) is 3.62. The average molecular weight is 416 g/mol.